The molecule has 1 aromatic rings. The molecule has 0 spiro atoms. The quantitative estimate of drug-likeness (QED) is 0.820. The van der Waals surface area contributed by atoms with Gasteiger partial charge in [-0.2, -0.15) is 0 Å². The monoisotopic (exact) mass is 216 g/mol. The SMILES string of the molecule is O=C(O)c1ccc(COCC(F)F)cc1. The Balaban J connectivity index is 2.46. The molecule has 3 nitrogen and oxygen atoms in total. The summed E-state index contributed by atoms with van der Waals surface area (Å²) in [6.45, 7) is -0.551. The fourth-order valence-electron chi connectivity index (χ4n) is 1.01. The maximum absolute atomic E-state index is 11.7. The fourth-order valence-corrected chi connectivity index (χ4v) is 1.01. The van der Waals surface area contributed by atoms with Gasteiger partial charge < -0.3 is 9.84 Å². The van der Waals surface area contributed by atoms with Crippen LogP contribution in [0.3, 0.4) is 0 Å². The second kappa shape index (κ2) is 5.41. The second-order valence-electron chi connectivity index (χ2n) is 2.91. The number of carboxylic acids is 1. The van der Waals surface area contributed by atoms with Crippen LogP contribution in [0.2, 0.25) is 0 Å². The second-order valence-corrected chi connectivity index (χ2v) is 2.91. The number of rotatable bonds is 5. The van der Waals surface area contributed by atoms with Crippen molar-refractivity contribution in [3.05, 3.63) is 35.4 Å². The van der Waals surface area contributed by atoms with Crippen molar-refractivity contribution in [2.45, 2.75) is 13.0 Å². The summed E-state index contributed by atoms with van der Waals surface area (Å²) in [4.78, 5) is 10.5. The highest BCUT2D eigenvalue weighted by molar-refractivity contribution is 5.87. The van der Waals surface area contributed by atoms with Crippen molar-refractivity contribution >= 4 is 5.97 Å². The number of alkyl halides is 2. The van der Waals surface area contributed by atoms with E-state index in [1.807, 2.05) is 0 Å². The highest BCUT2D eigenvalue weighted by Crippen LogP contribution is 2.06. The van der Waals surface area contributed by atoms with E-state index in [1.165, 1.54) is 24.3 Å². The summed E-state index contributed by atoms with van der Waals surface area (Å²) in [5.74, 6) is -1.02. The van der Waals surface area contributed by atoms with E-state index in [0.29, 0.717) is 5.56 Å². The van der Waals surface area contributed by atoms with Crippen molar-refractivity contribution < 1.29 is 23.4 Å². The molecule has 0 aromatic heterocycles. The van der Waals surface area contributed by atoms with Crippen molar-refractivity contribution in [2.24, 2.45) is 0 Å². The van der Waals surface area contributed by atoms with E-state index >= 15 is 0 Å². The minimum atomic E-state index is -2.48. The van der Waals surface area contributed by atoms with E-state index in [9.17, 15) is 13.6 Å². The molecule has 1 aromatic carbocycles. The van der Waals surface area contributed by atoms with Gasteiger partial charge in [-0.1, -0.05) is 12.1 Å². The van der Waals surface area contributed by atoms with Crippen LogP contribution in [0.1, 0.15) is 15.9 Å². The fraction of sp³-hybridized carbons (Fsp3) is 0.300. The van der Waals surface area contributed by atoms with Crippen molar-refractivity contribution in [1.29, 1.82) is 0 Å². The molecule has 0 atom stereocenters. The summed E-state index contributed by atoms with van der Waals surface area (Å²) in [5, 5.41) is 8.59. The van der Waals surface area contributed by atoms with Crippen LogP contribution in [0.5, 0.6) is 0 Å². The predicted octanol–water partition coefficient (Wildman–Crippen LogP) is 2.17. The van der Waals surface area contributed by atoms with Gasteiger partial charge in [0.15, 0.2) is 0 Å². The van der Waals surface area contributed by atoms with Gasteiger partial charge in [0.05, 0.1) is 12.2 Å². The smallest absolute Gasteiger partial charge is 0.335 e. The van der Waals surface area contributed by atoms with Crippen molar-refractivity contribution in [3.8, 4) is 0 Å². The normalized spacial score (nSPS) is 10.6. The average Bonchev–Trinajstić information content (AvgIpc) is 2.18. The van der Waals surface area contributed by atoms with Crippen LogP contribution in [0.15, 0.2) is 24.3 Å². The summed E-state index contributed by atoms with van der Waals surface area (Å²) < 4.78 is 28.1. The highest BCUT2D eigenvalue weighted by atomic mass is 19.3. The van der Waals surface area contributed by atoms with Gasteiger partial charge in [0, 0.05) is 0 Å². The molecule has 0 aliphatic carbocycles. The van der Waals surface area contributed by atoms with Crippen LogP contribution in [-0.4, -0.2) is 24.1 Å². The third-order valence-electron chi connectivity index (χ3n) is 1.71. The molecule has 0 unspecified atom stereocenters. The number of carboxylic acid groups (broad SMARTS) is 1. The van der Waals surface area contributed by atoms with E-state index in [4.69, 9.17) is 5.11 Å². The minimum absolute atomic E-state index is 0.0598. The maximum Gasteiger partial charge on any atom is 0.335 e. The Hall–Kier alpha value is -1.49. The van der Waals surface area contributed by atoms with Crippen LogP contribution in [0.25, 0.3) is 0 Å². The number of ether oxygens (including phenoxy) is 1. The zero-order valence-electron chi connectivity index (χ0n) is 7.82. The zero-order chi connectivity index (χ0) is 11.3. The number of carbonyl (C=O) groups is 1. The molecule has 0 heterocycles. The molecular formula is C10H10F2O3. The van der Waals surface area contributed by atoms with E-state index in [0.717, 1.165) is 0 Å². The molecule has 0 radical (unpaired) electrons. The molecule has 15 heavy (non-hydrogen) atoms. The van der Waals surface area contributed by atoms with Crippen molar-refractivity contribution in [3.63, 3.8) is 0 Å². The van der Waals surface area contributed by atoms with Crippen molar-refractivity contribution in [1.82, 2.24) is 0 Å². The lowest BCUT2D eigenvalue weighted by Gasteiger charge is -2.03. The predicted molar refractivity (Wildman–Crippen MR) is 49.1 cm³/mol. The maximum atomic E-state index is 11.7. The lowest BCUT2D eigenvalue weighted by atomic mass is 10.1. The summed E-state index contributed by atoms with van der Waals surface area (Å²) >= 11 is 0. The van der Waals surface area contributed by atoms with Crippen LogP contribution in [-0.2, 0) is 11.3 Å². The van der Waals surface area contributed by atoms with E-state index in [-0.39, 0.29) is 12.2 Å². The molecule has 1 rings (SSSR count). The first kappa shape index (κ1) is 11.6. The third-order valence-corrected chi connectivity index (χ3v) is 1.71. The van der Waals surface area contributed by atoms with E-state index < -0.39 is 19.0 Å². The minimum Gasteiger partial charge on any atom is -0.478 e. The molecule has 0 saturated heterocycles. The number of hydrogen-bond acceptors (Lipinski definition) is 2. The molecule has 82 valence electrons. The first-order chi connectivity index (χ1) is 7.09. The molecule has 1 N–H and O–H groups in total. The molecule has 0 bridgehead atoms. The number of aromatic carboxylic acids is 1. The Morgan fingerprint density at radius 1 is 1.33 bits per heavy atom. The van der Waals surface area contributed by atoms with Crippen LogP contribution in [0, 0.1) is 0 Å². The van der Waals surface area contributed by atoms with Crippen LogP contribution >= 0.6 is 0 Å². The molecule has 5 heteroatoms. The van der Waals surface area contributed by atoms with Gasteiger partial charge in [0.25, 0.3) is 6.43 Å². The van der Waals surface area contributed by atoms with Gasteiger partial charge in [-0.25, -0.2) is 13.6 Å². The highest BCUT2D eigenvalue weighted by Gasteiger charge is 2.04. The van der Waals surface area contributed by atoms with Gasteiger partial charge in [-0.15, -0.1) is 0 Å². The lowest BCUT2D eigenvalue weighted by molar-refractivity contribution is 0.00988. The first-order valence-corrected chi connectivity index (χ1v) is 4.27. The van der Waals surface area contributed by atoms with Crippen LogP contribution in [0.4, 0.5) is 8.78 Å². The third kappa shape index (κ3) is 4.03. The molecule has 0 aliphatic rings. The molecule has 0 amide bonds. The molecule has 0 saturated carbocycles. The number of benzene rings is 1. The zero-order valence-corrected chi connectivity index (χ0v) is 7.82. The average molecular weight is 216 g/mol. The standard InChI is InChI=1S/C10H10F2O3/c11-9(12)6-15-5-7-1-3-8(4-2-7)10(13)14/h1-4,9H,5-6H2,(H,13,14). The van der Waals surface area contributed by atoms with Crippen molar-refractivity contribution in [2.75, 3.05) is 6.61 Å². The Kier molecular flexibility index (Phi) is 4.17. The summed E-state index contributed by atoms with van der Waals surface area (Å²) in [5.41, 5.74) is 0.827. The number of halogens is 2. The Labute approximate surface area is 85.3 Å². The molecule has 0 aliphatic heterocycles. The lowest BCUT2D eigenvalue weighted by Crippen LogP contribution is -2.04. The summed E-state index contributed by atoms with van der Waals surface area (Å²) in [6, 6.07) is 5.89. The van der Waals surface area contributed by atoms with E-state index in [2.05, 4.69) is 4.74 Å². The Morgan fingerprint density at radius 3 is 2.40 bits per heavy atom. The van der Waals surface area contributed by atoms with Gasteiger partial charge in [0.1, 0.15) is 6.61 Å². The van der Waals surface area contributed by atoms with Gasteiger partial charge in [-0.3, -0.25) is 0 Å². The topological polar surface area (TPSA) is 46.5 Å². The number of hydrogen-bond donors (Lipinski definition) is 1. The Bertz CT molecular complexity index is 322. The van der Waals surface area contributed by atoms with Gasteiger partial charge >= 0.3 is 5.97 Å². The van der Waals surface area contributed by atoms with Crippen LogP contribution < -0.4 is 0 Å². The first-order valence-electron chi connectivity index (χ1n) is 4.27. The largest absolute Gasteiger partial charge is 0.478 e. The van der Waals surface area contributed by atoms with E-state index in [1.54, 1.807) is 0 Å². The van der Waals surface area contributed by atoms with Gasteiger partial charge in [-0.05, 0) is 17.7 Å². The van der Waals surface area contributed by atoms with Gasteiger partial charge in [0.2, 0.25) is 0 Å². The summed E-state index contributed by atoms with van der Waals surface area (Å²) in [7, 11) is 0. The molecular weight excluding hydrogens is 206 g/mol. The Morgan fingerprint density at radius 2 is 1.93 bits per heavy atom. The molecule has 0 fully saturated rings. The summed E-state index contributed by atoms with van der Waals surface area (Å²) in [6.07, 6.45) is -2.48.